The average molecular weight is 328 g/mol. The summed E-state index contributed by atoms with van der Waals surface area (Å²) in [6, 6.07) is 0. The van der Waals surface area contributed by atoms with Gasteiger partial charge in [0.05, 0.1) is 13.2 Å². The van der Waals surface area contributed by atoms with Crippen molar-refractivity contribution in [3.05, 3.63) is 0 Å². The maximum Gasteiger partial charge on any atom is 0.305 e. The summed E-state index contributed by atoms with van der Waals surface area (Å²) in [5.74, 6) is 0.718. The maximum absolute atomic E-state index is 11.5. The average Bonchev–Trinajstić information content (AvgIpc) is 2.56. The molecule has 0 saturated carbocycles. The van der Waals surface area contributed by atoms with E-state index in [4.69, 9.17) is 9.47 Å². The third-order valence-electron chi connectivity index (χ3n) is 4.21. The quantitative estimate of drug-likeness (QED) is 0.336. The Balaban J connectivity index is 3.39. The molecule has 0 aliphatic carbocycles. The van der Waals surface area contributed by atoms with E-state index in [1.807, 2.05) is 0 Å². The number of hydrogen-bond donors (Lipinski definition) is 0. The summed E-state index contributed by atoms with van der Waals surface area (Å²) in [6.45, 7) is 9.43. The summed E-state index contributed by atoms with van der Waals surface area (Å²) >= 11 is 0. The van der Waals surface area contributed by atoms with Gasteiger partial charge in [0.25, 0.3) is 0 Å². The van der Waals surface area contributed by atoms with Gasteiger partial charge in [0.1, 0.15) is 0 Å². The third kappa shape index (κ3) is 14.3. The molecule has 0 N–H and O–H groups in total. The fraction of sp³-hybridized carbons (Fsp3) is 0.895. The Kier molecular flexibility index (Phi) is 13.9. The van der Waals surface area contributed by atoms with Gasteiger partial charge in [-0.25, -0.2) is 0 Å². The fourth-order valence-corrected chi connectivity index (χ4v) is 1.92. The molecule has 0 rings (SSSR count). The lowest BCUT2D eigenvalue weighted by molar-refractivity contribution is -0.145. The molecule has 0 radical (unpaired) electrons. The molecule has 2 atom stereocenters. The second-order valence-electron chi connectivity index (χ2n) is 6.66. The second-order valence-corrected chi connectivity index (χ2v) is 6.66. The van der Waals surface area contributed by atoms with E-state index in [1.54, 1.807) is 0 Å². The molecule has 0 heterocycles. The summed E-state index contributed by atoms with van der Waals surface area (Å²) in [5.41, 5.74) is 0. The molecule has 4 heteroatoms. The molecule has 0 saturated heterocycles. The first-order chi connectivity index (χ1) is 11.0. The van der Waals surface area contributed by atoms with Crippen molar-refractivity contribution < 1.29 is 19.1 Å². The predicted octanol–water partition coefficient (Wildman–Crippen LogP) is 4.90. The molecule has 23 heavy (non-hydrogen) atoms. The van der Waals surface area contributed by atoms with Gasteiger partial charge in [-0.1, -0.05) is 59.8 Å². The Bertz CT molecular complexity index is 284. The van der Waals surface area contributed by atoms with Crippen molar-refractivity contribution in [3.8, 4) is 0 Å². The van der Waals surface area contributed by atoms with Crippen molar-refractivity contribution in [1.82, 2.24) is 0 Å². The van der Waals surface area contributed by atoms with Crippen molar-refractivity contribution in [2.75, 3.05) is 13.2 Å². The Hall–Kier alpha value is -1.06. The van der Waals surface area contributed by atoms with Crippen LogP contribution >= 0.6 is 0 Å². The molecule has 2 unspecified atom stereocenters. The van der Waals surface area contributed by atoms with Crippen LogP contribution in [0.1, 0.15) is 85.5 Å². The monoisotopic (exact) mass is 328 g/mol. The molecule has 0 aromatic carbocycles. The largest absolute Gasteiger partial charge is 0.465 e. The molecule has 0 aromatic rings. The molecule has 0 aromatic heterocycles. The molecule has 0 aliphatic rings. The topological polar surface area (TPSA) is 52.6 Å². The number of hydrogen-bond acceptors (Lipinski definition) is 4. The Morgan fingerprint density at radius 3 is 1.39 bits per heavy atom. The number of esters is 2. The second kappa shape index (κ2) is 14.5. The first-order valence-electron chi connectivity index (χ1n) is 9.30. The highest BCUT2D eigenvalue weighted by Gasteiger charge is 2.07. The molecule has 4 nitrogen and oxygen atoms in total. The normalized spacial score (nSPS) is 13.4. The summed E-state index contributed by atoms with van der Waals surface area (Å²) in [6.07, 6.45) is 7.91. The van der Waals surface area contributed by atoms with Crippen molar-refractivity contribution in [3.63, 3.8) is 0 Å². The number of ether oxygens (including phenoxy) is 2. The van der Waals surface area contributed by atoms with Gasteiger partial charge in [-0.3, -0.25) is 9.59 Å². The maximum atomic E-state index is 11.5. The van der Waals surface area contributed by atoms with Crippen LogP contribution in [0.5, 0.6) is 0 Å². The molecule has 0 bridgehead atoms. The van der Waals surface area contributed by atoms with Crippen LogP contribution in [-0.4, -0.2) is 25.2 Å². The molecular weight excluding hydrogens is 292 g/mol. The molecule has 0 aliphatic heterocycles. The summed E-state index contributed by atoms with van der Waals surface area (Å²) in [7, 11) is 0. The van der Waals surface area contributed by atoms with Crippen molar-refractivity contribution in [2.45, 2.75) is 85.5 Å². The lowest BCUT2D eigenvalue weighted by Crippen LogP contribution is -2.11. The summed E-state index contributed by atoms with van der Waals surface area (Å²) in [5, 5.41) is 0. The Labute approximate surface area is 142 Å². The van der Waals surface area contributed by atoms with E-state index in [0.717, 1.165) is 44.9 Å². The minimum absolute atomic E-state index is 0.0843. The van der Waals surface area contributed by atoms with Gasteiger partial charge < -0.3 is 9.47 Å². The van der Waals surface area contributed by atoms with E-state index in [9.17, 15) is 9.59 Å². The highest BCUT2D eigenvalue weighted by atomic mass is 16.5. The van der Waals surface area contributed by atoms with Crippen molar-refractivity contribution in [2.24, 2.45) is 11.8 Å². The Morgan fingerprint density at radius 2 is 1.04 bits per heavy atom. The van der Waals surface area contributed by atoms with Gasteiger partial charge in [-0.05, 0) is 24.7 Å². The SMILES string of the molecule is CCC(C)COC(=O)CCCCCCCC(=O)OCC(C)CC. The van der Waals surface area contributed by atoms with Crippen LogP contribution in [0.2, 0.25) is 0 Å². The van der Waals surface area contributed by atoms with Crippen LogP contribution in [0.25, 0.3) is 0 Å². The van der Waals surface area contributed by atoms with E-state index in [2.05, 4.69) is 27.7 Å². The van der Waals surface area contributed by atoms with Crippen molar-refractivity contribution in [1.29, 1.82) is 0 Å². The number of rotatable bonds is 14. The zero-order chi connectivity index (χ0) is 17.5. The molecule has 136 valence electrons. The first kappa shape index (κ1) is 21.9. The highest BCUT2D eigenvalue weighted by Crippen LogP contribution is 2.10. The smallest absolute Gasteiger partial charge is 0.305 e. The minimum Gasteiger partial charge on any atom is -0.465 e. The van der Waals surface area contributed by atoms with Gasteiger partial charge in [-0.2, -0.15) is 0 Å². The van der Waals surface area contributed by atoms with E-state index in [-0.39, 0.29) is 11.9 Å². The van der Waals surface area contributed by atoms with Gasteiger partial charge in [0, 0.05) is 12.8 Å². The van der Waals surface area contributed by atoms with Gasteiger partial charge in [0.2, 0.25) is 0 Å². The Morgan fingerprint density at radius 1 is 0.696 bits per heavy atom. The molecular formula is C19H36O4. The summed E-state index contributed by atoms with van der Waals surface area (Å²) in [4.78, 5) is 23.0. The predicted molar refractivity (Wildman–Crippen MR) is 93.1 cm³/mol. The van der Waals surface area contributed by atoms with Gasteiger partial charge in [0.15, 0.2) is 0 Å². The number of unbranched alkanes of at least 4 members (excludes halogenated alkanes) is 4. The van der Waals surface area contributed by atoms with E-state index < -0.39 is 0 Å². The van der Waals surface area contributed by atoms with E-state index in [1.165, 1.54) is 0 Å². The van der Waals surface area contributed by atoms with Crippen LogP contribution in [0, 0.1) is 11.8 Å². The standard InChI is InChI=1S/C19H36O4/c1-5-16(3)14-22-18(20)12-10-8-7-9-11-13-19(21)23-15-17(4)6-2/h16-17H,5-15H2,1-4H3. The number of carbonyl (C=O) groups is 2. The molecule has 0 spiro atoms. The van der Waals surface area contributed by atoms with Crippen molar-refractivity contribution >= 4 is 11.9 Å². The van der Waals surface area contributed by atoms with Gasteiger partial charge >= 0.3 is 11.9 Å². The molecule has 0 fully saturated rings. The lowest BCUT2D eigenvalue weighted by Gasteiger charge is -2.10. The zero-order valence-corrected chi connectivity index (χ0v) is 15.6. The van der Waals surface area contributed by atoms with Crippen LogP contribution in [-0.2, 0) is 19.1 Å². The van der Waals surface area contributed by atoms with E-state index in [0.29, 0.717) is 37.9 Å². The van der Waals surface area contributed by atoms with Crippen LogP contribution in [0.3, 0.4) is 0 Å². The highest BCUT2D eigenvalue weighted by molar-refractivity contribution is 5.69. The summed E-state index contributed by atoms with van der Waals surface area (Å²) < 4.78 is 10.4. The first-order valence-corrected chi connectivity index (χ1v) is 9.30. The van der Waals surface area contributed by atoms with Crippen LogP contribution in [0.15, 0.2) is 0 Å². The van der Waals surface area contributed by atoms with Crippen LogP contribution in [0.4, 0.5) is 0 Å². The lowest BCUT2D eigenvalue weighted by atomic mass is 10.1. The fourth-order valence-electron chi connectivity index (χ4n) is 1.92. The van der Waals surface area contributed by atoms with E-state index >= 15 is 0 Å². The zero-order valence-electron chi connectivity index (χ0n) is 15.6. The minimum atomic E-state index is -0.0843. The molecule has 0 amide bonds. The van der Waals surface area contributed by atoms with Gasteiger partial charge in [-0.15, -0.1) is 0 Å². The number of carbonyl (C=O) groups excluding carboxylic acids is 2. The third-order valence-corrected chi connectivity index (χ3v) is 4.21. The van der Waals surface area contributed by atoms with Crippen LogP contribution < -0.4 is 0 Å².